The molecule has 0 radical (unpaired) electrons. The van der Waals surface area contributed by atoms with Crippen LogP contribution >= 0.6 is 18.2 Å². The summed E-state index contributed by atoms with van der Waals surface area (Å²) in [7, 11) is 0. The molecule has 0 aromatic carbocycles. The number of hydrogen-bond donors (Lipinski definition) is 2. The second-order valence-electron chi connectivity index (χ2n) is 4.41. The van der Waals surface area contributed by atoms with Crippen molar-refractivity contribution in [1.29, 1.82) is 0 Å². The zero-order chi connectivity index (χ0) is 13.7. The van der Waals surface area contributed by atoms with Crippen molar-refractivity contribution in [3.05, 3.63) is 0 Å². The van der Waals surface area contributed by atoms with E-state index in [2.05, 4.69) is 6.92 Å². The Morgan fingerprint density at radius 2 is 1.50 bits per heavy atom. The van der Waals surface area contributed by atoms with Crippen molar-refractivity contribution in [2.75, 3.05) is 5.75 Å². The van der Waals surface area contributed by atoms with Gasteiger partial charge >= 0.3 is 125 Å². The van der Waals surface area contributed by atoms with E-state index in [1.165, 1.54) is 48.1 Å². The molecule has 0 aliphatic carbocycles. The fourth-order valence-electron chi connectivity index (χ4n) is 1.58. The summed E-state index contributed by atoms with van der Waals surface area (Å²) in [4.78, 5) is 20.1. The van der Waals surface area contributed by atoms with Crippen molar-refractivity contribution in [2.24, 2.45) is 0 Å². The molecule has 0 aromatic heterocycles. The third kappa shape index (κ3) is 17.2. The maximum atomic E-state index is 10.6. The van der Waals surface area contributed by atoms with Crippen LogP contribution in [0, 0.1) is 0 Å². The van der Waals surface area contributed by atoms with E-state index in [9.17, 15) is 4.57 Å². The van der Waals surface area contributed by atoms with Crippen LogP contribution in [0.15, 0.2) is 0 Å². The van der Waals surface area contributed by atoms with Gasteiger partial charge in [-0.3, -0.25) is 0 Å². The molecule has 0 unspecified atom stereocenters. The first kappa shape index (κ1) is 19.2. The van der Waals surface area contributed by atoms with Gasteiger partial charge in [0.05, 0.1) is 0 Å². The van der Waals surface area contributed by atoms with Gasteiger partial charge in [-0.05, 0) is 0 Å². The zero-order valence-corrected chi connectivity index (χ0v) is 15.1. The second kappa shape index (κ2) is 13.2. The van der Waals surface area contributed by atoms with E-state index in [0.717, 1.165) is 24.2 Å². The molecule has 0 fully saturated rings. The van der Waals surface area contributed by atoms with Crippen LogP contribution in [0.1, 0.15) is 58.3 Å². The first-order valence-electron chi connectivity index (χ1n) is 6.84. The second-order valence-corrected chi connectivity index (χ2v) is 11.3. The van der Waals surface area contributed by atoms with Crippen LogP contribution in [0.3, 0.4) is 0 Å². The van der Waals surface area contributed by atoms with Gasteiger partial charge in [0.2, 0.25) is 0 Å². The quantitative estimate of drug-likeness (QED) is 0.273. The summed E-state index contributed by atoms with van der Waals surface area (Å²) in [6, 6.07) is 0. The van der Waals surface area contributed by atoms with E-state index in [1.807, 2.05) is 0 Å². The molecule has 0 aliphatic heterocycles. The van der Waals surface area contributed by atoms with Crippen molar-refractivity contribution in [1.82, 2.24) is 0 Å². The first-order valence-corrected chi connectivity index (χ1v) is 12.9. The van der Waals surface area contributed by atoms with Crippen LogP contribution in [-0.2, 0) is 23.1 Å². The molecule has 0 aromatic rings. The Kier molecular flexibility index (Phi) is 14.1. The molecule has 2 N–H and O–H groups in total. The Labute approximate surface area is 124 Å². The van der Waals surface area contributed by atoms with Gasteiger partial charge in [0.15, 0.2) is 0 Å². The van der Waals surface area contributed by atoms with Crippen molar-refractivity contribution in [3.63, 3.8) is 0 Å². The Hall–Kier alpha value is 1.19. The van der Waals surface area contributed by atoms with Gasteiger partial charge in [-0.2, -0.15) is 0 Å². The minimum absolute atomic E-state index is 0.181. The SMILES string of the molecule is CCCCCCC[CH2][Mo][CH2]CCCSP(=O)(O)O. The summed E-state index contributed by atoms with van der Waals surface area (Å²) in [5.41, 5.74) is 0. The van der Waals surface area contributed by atoms with Gasteiger partial charge in [0.25, 0.3) is 0 Å². The Bertz CT molecular complexity index is 223. The van der Waals surface area contributed by atoms with Crippen LogP contribution in [-0.4, -0.2) is 15.5 Å². The Morgan fingerprint density at radius 1 is 0.944 bits per heavy atom. The maximum absolute atomic E-state index is 10.6. The van der Waals surface area contributed by atoms with Gasteiger partial charge in [-0.1, -0.05) is 0 Å². The molecular formula is C12H27MoO3PS. The summed E-state index contributed by atoms with van der Waals surface area (Å²) in [5.74, 6) is 0.605. The Balaban J connectivity index is 3.01. The molecule has 3 nitrogen and oxygen atoms in total. The van der Waals surface area contributed by atoms with Gasteiger partial charge < -0.3 is 0 Å². The van der Waals surface area contributed by atoms with E-state index in [0.29, 0.717) is 5.75 Å². The van der Waals surface area contributed by atoms with Crippen LogP contribution in [0.4, 0.5) is 0 Å². The predicted octanol–water partition coefficient (Wildman–Crippen LogP) is 4.87. The topological polar surface area (TPSA) is 57.5 Å². The molecule has 0 aliphatic rings. The fraction of sp³-hybridized carbons (Fsp3) is 1.00. The molecule has 0 saturated carbocycles. The van der Waals surface area contributed by atoms with E-state index in [1.54, 1.807) is 0 Å². The molecule has 0 heterocycles. The van der Waals surface area contributed by atoms with Crippen molar-refractivity contribution in [2.45, 2.75) is 67.9 Å². The molecular weight excluding hydrogens is 351 g/mol. The third-order valence-electron chi connectivity index (χ3n) is 2.58. The van der Waals surface area contributed by atoms with Crippen LogP contribution < -0.4 is 0 Å². The summed E-state index contributed by atoms with van der Waals surface area (Å²) < 4.78 is 10.6. The molecule has 6 heteroatoms. The number of unbranched alkanes of at least 4 members (excludes halogenated alkanes) is 6. The number of rotatable bonds is 13. The van der Waals surface area contributed by atoms with Crippen LogP contribution in [0.25, 0.3) is 0 Å². The summed E-state index contributed by atoms with van der Waals surface area (Å²) in [5, 5.41) is 0. The summed E-state index contributed by atoms with van der Waals surface area (Å²) in [6.45, 7) is -1.57. The molecule has 0 spiro atoms. The normalized spacial score (nSPS) is 11.9. The van der Waals surface area contributed by atoms with Gasteiger partial charge in [-0.15, -0.1) is 0 Å². The average Bonchev–Trinajstić information content (AvgIpc) is 2.29. The average molecular weight is 378 g/mol. The van der Waals surface area contributed by atoms with E-state index < -0.39 is 6.80 Å². The molecule has 18 heavy (non-hydrogen) atoms. The van der Waals surface area contributed by atoms with Gasteiger partial charge in [-0.25, -0.2) is 0 Å². The minimum atomic E-state index is -3.82. The first-order chi connectivity index (χ1) is 8.56. The van der Waals surface area contributed by atoms with E-state index in [4.69, 9.17) is 9.79 Å². The summed E-state index contributed by atoms with van der Waals surface area (Å²) in [6.07, 6.45) is 10.4. The molecule has 0 saturated heterocycles. The van der Waals surface area contributed by atoms with Crippen LogP contribution in [0.5, 0.6) is 0 Å². The molecule has 110 valence electrons. The van der Waals surface area contributed by atoms with Gasteiger partial charge in [0.1, 0.15) is 0 Å². The summed E-state index contributed by atoms with van der Waals surface area (Å²) >= 11 is 0.975. The fourth-order valence-corrected chi connectivity index (χ4v) is 5.76. The van der Waals surface area contributed by atoms with E-state index in [-0.39, 0.29) is 18.6 Å². The predicted molar refractivity (Wildman–Crippen MR) is 76.7 cm³/mol. The van der Waals surface area contributed by atoms with Crippen molar-refractivity contribution < 1.29 is 32.9 Å². The standard InChI is InChI=1S/C8H17.C4H10O3PS.Mo/c1-3-5-7-8-6-4-2;1-2-3-4-9-8(5,6)7;/h1,3-8H2,2H3;1-4H2,(H2,5,6,7);. The Morgan fingerprint density at radius 3 is 2.11 bits per heavy atom. The monoisotopic (exact) mass is 380 g/mol. The zero-order valence-electron chi connectivity index (χ0n) is 11.3. The van der Waals surface area contributed by atoms with Gasteiger partial charge in [0, 0.05) is 0 Å². The molecule has 0 atom stereocenters. The molecule has 0 rings (SSSR count). The third-order valence-corrected chi connectivity index (χ3v) is 7.79. The molecule has 0 bridgehead atoms. The van der Waals surface area contributed by atoms with Crippen LogP contribution in [0.2, 0.25) is 9.62 Å². The van der Waals surface area contributed by atoms with Crippen molar-refractivity contribution in [3.8, 4) is 0 Å². The number of hydrogen-bond acceptors (Lipinski definition) is 2. The van der Waals surface area contributed by atoms with E-state index >= 15 is 0 Å². The molecule has 0 amide bonds. The van der Waals surface area contributed by atoms with Crippen molar-refractivity contribution >= 4 is 18.2 Å².